The zero-order chi connectivity index (χ0) is 26.3. The van der Waals surface area contributed by atoms with Crippen molar-refractivity contribution < 1.29 is 27.9 Å². The number of sulfonamides is 1. The van der Waals surface area contributed by atoms with Gasteiger partial charge in [0.15, 0.2) is 0 Å². The molecule has 4 atom stereocenters. The van der Waals surface area contributed by atoms with Crippen molar-refractivity contribution in [2.75, 3.05) is 13.1 Å². The van der Waals surface area contributed by atoms with Crippen LogP contribution in [0.25, 0.3) is 0 Å². The van der Waals surface area contributed by atoms with E-state index >= 15 is 0 Å². The highest BCUT2D eigenvalue weighted by molar-refractivity contribution is 7.89. The molecular weight excluding hydrogens is 470 g/mol. The van der Waals surface area contributed by atoms with Crippen LogP contribution in [0.15, 0.2) is 29.2 Å². The zero-order valence-electron chi connectivity index (χ0n) is 21.3. The summed E-state index contributed by atoms with van der Waals surface area (Å²) in [5.74, 6) is -2.50. The summed E-state index contributed by atoms with van der Waals surface area (Å²) in [6.45, 7) is 9.86. The minimum Gasteiger partial charge on any atom is -0.480 e. The molecule has 0 saturated carbocycles. The van der Waals surface area contributed by atoms with Crippen LogP contribution in [0, 0.1) is 24.7 Å². The van der Waals surface area contributed by atoms with Crippen molar-refractivity contribution in [1.82, 2.24) is 14.9 Å². The first kappa shape index (κ1) is 28.8. The minimum atomic E-state index is -3.89. The number of aliphatic carboxylic acids is 1. The first-order valence-electron chi connectivity index (χ1n) is 12.3. The van der Waals surface area contributed by atoms with Crippen molar-refractivity contribution in [2.45, 2.75) is 77.3 Å². The van der Waals surface area contributed by atoms with E-state index in [-0.39, 0.29) is 28.5 Å². The second-order valence-corrected chi connectivity index (χ2v) is 11.3. The van der Waals surface area contributed by atoms with Gasteiger partial charge in [0, 0.05) is 19.0 Å². The number of likely N-dealkylation sites (tertiary alicyclic amines) is 1. The van der Waals surface area contributed by atoms with Crippen molar-refractivity contribution in [2.24, 2.45) is 17.8 Å². The van der Waals surface area contributed by atoms with Gasteiger partial charge >= 0.3 is 5.97 Å². The third-order valence-electron chi connectivity index (χ3n) is 7.05. The molecule has 1 aliphatic heterocycles. The molecule has 2 amide bonds. The smallest absolute Gasteiger partial charge is 0.326 e. The molecule has 1 heterocycles. The quantitative estimate of drug-likeness (QED) is 0.420. The van der Waals surface area contributed by atoms with Crippen LogP contribution in [0.1, 0.15) is 58.9 Å². The van der Waals surface area contributed by atoms with Crippen LogP contribution < -0.4 is 10.0 Å². The average molecular weight is 510 g/mol. The number of carboxylic acids is 1. The first-order valence-corrected chi connectivity index (χ1v) is 13.8. The fourth-order valence-electron chi connectivity index (χ4n) is 4.11. The number of nitrogens with one attached hydrogen (secondary N) is 2. The summed E-state index contributed by atoms with van der Waals surface area (Å²) in [6.07, 6.45) is 2.02. The Labute approximate surface area is 208 Å². The van der Waals surface area contributed by atoms with E-state index in [2.05, 4.69) is 10.0 Å². The first-order chi connectivity index (χ1) is 16.4. The molecule has 0 radical (unpaired) electrons. The fourth-order valence-corrected chi connectivity index (χ4v) is 5.41. The lowest BCUT2D eigenvalue weighted by atomic mass is 9.92. The highest BCUT2D eigenvalue weighted by Gasteiger charge is 2.36. The molecule has 0 unspecified atom stereocenters. The third-order valence-corrected chi connectivity index (χ3v) is 8.50. The van der Waals surface area contributed by atoms with E-state index in [1.54, 1.807) is 24.0 Å². The largest absolute Gasteiger partial charge is 0.480 e. The molecule has 1 saturated heterocycles. The number of aryl methyl sites for hydroxylation is 1. The fraction of sp³-hybridized carbons (Fsp3) is 0.640. The third kappa shape index (κ3) is 7.51. The Morgan fingerprint density at radius 1 is 1.00 bits per heavy atom. The Morgan fingerprint density at radius 3 is 2.00 bits per heavy atom. The molecule has 0 aliphatic carbocycles. The van der Waals surface area contributed by atoms with Crippen molar-refractivity contribution in [3.63, 3.8) is 0 Å². The number of carboxylic acid groups (broad SMARTS) is 1. The number of amides is 2. The summed E-state index contributed by atoms with van der Waals surface area (Å²) >= 11 is 0. The molecule has 0 spiro atoms. The molecule has 1 aliphatic rings. The lowest BCUT2D eigenvalue weighted by Gasteiger charge is -2.35. The van der Waals surface area contributed by atoms with E-state index in [9.17, 15) is 27.9 Å². The molecular formula is C25H39N3O6S. The molecule has 9 nitrogen and oxygen atoms in total. The average Bonchev–Trinajstić information content (AvgIpc) is 2.84. The number of benzene rings is 1. The van der Waals surface area contributed by atoms with Crippen molar-refractivity contribution in [1.29, 1.82) is 0 Å². The minimum absolute atomic E-state index is 0.105. The molecule has 2 rings (SSSR count). The van der Waals surface area contributed by atoms with Crippen molar-refractivity contribution in [3.05, 3.63) is 29.8 Å². The summed E-state index contributed by atoms with van der Waals surface area (Å²) in [5, 5.41) is 12.1. The molecule has 1 aromatic carbocycles. The Balaban J connectivity index is 2.06. The van der Waals surface area contributed by atoms with Gasteiger partial charge in [0.2, 0.25) is 21.8 Å². The Bertz CT molecular complexity index is 987. The molecule has 10 heteroatoms. The number of piperidine rings is 1. The normalized spacial score (nSPS) is 18.4. The summed E-state index contributed by atoms with van der Waals surface area (Å²) in [7, 11) is -3.89. The van der Waals surface area contributed by atoms with Gasteiger partial charge in [0.25, 0.3) is 0 Å². The standard InChI is InChI=1S/C25H39N3O6S/c1-6-17(4)21(27-35(33,34)20-10-8-16(3)9-11-20)24(30)28-14-12-19(13-15-28)23(29)26-22(25(31)32)18(5)7-2/h8-11,17-19,21-22,27H,6-7,12-15H2,1-5H3,(H,26,29)(H,31,32)/t17-,18+,21+,22+/m1/s1. The molecule has 35 heavy (non-hydrogen) atoms. The summed E-state index contributed by atoms with van der Waals surface area (Å²) in [4.78, 5) is 39.3. The lowest BCUT2D eigenvalue weighted by Crippen LogP contribution is -2.54. The maximum atomic E-state index is 13.4. The van der Waals surface area contributed by atoms with E-state index in [0.717, 1.165) is 5.56 Å². The van der Waals surface area contributed by atoms with Gasteiger partial charge < -0.3 is 15.3 Å². The molecule has 3 N–H and O–H groups in total. The molecule has 1 fully saturated rings. The van der Waals surface area contributed by atoms with Gasteiger partial charge in [-0.1, -0.05) is 58.2 Å². The summed E-state index contributed by atoms with van der Waals surface area (Å²) in [5.41, 5.74) is 0.934. The van der Waals surface area contributed by atoms with Gasteiger partial charge in [-0.15, -0.1) is 0 Å². The van der Waals surface area contributed by atoms with Crippen LogP contribution in [0.4, 0.5) is 0 Å². The Kier molecular flexibility index (Phi) is 10.3. The van der Waals surface area contributed by atoms with Crippen molar-refractivity contribution >= 4 is 27.8 Å². The predicted molar refractivity (Wildman–Crippen MR) is 133 cm³/mol. The molecule has 1 aromatic rings. The topological polar surface area (TPSA) is 133 Å². The van der Waals surface area contributed by atoms with Gasteiger partial charge in [-0.2, -0.15) is 4.72 Å². The molecule has 196 valence electrons. The zero-order valence-corrected chi connectivity index (χ0v) is 22.1. The number of hydrogen-bond acceptors (Lipinski definition) is 5. The Hall–Kier alpha value is -2.46. The van der Waals surface area contributed by atoms with Gasteiger partial charge in [0.05, 0.1) is 4.90 Å². The second kappa shape index (κ2) is 12.5. The number of nitrogens with zero attached hydrogens (tertiary/aromatic N) is 1. The monoisotopic (exact) mass is 509 g/mol. The van der Waals surface area contributed by atoms with E-state index in [1.165, 1.54) is 12.1 Å². The van der Waals surface area contributed by atoms with E-state index in [1.807, 2.05) is 27.7 Å². The highest BCUT2D eigenvalue weighted by atomic mass is 32.2. The number of carbonyl (C=O) groups excluding carboxylic acids is 2. The lowest BCUT2D eigenvalue weighted by molar-refractivity contribution is -0.144. The summed E-state index contributed by atoms with van der Waals surface area (Å²) < 4.78 is 28.5. The predicted octanol–water partition coefficient (Wildman–Crippen LogP) is 2.54. The number of hydrogen-bond donors (Lipinski definition) is 3. The number of carbonyl (C=O) groups is 3. The van der Waals surface area contributed by atoms with E-state index in [4.69, 9.17) is 0 Å². The molecule has 0 aromatic heterocycles. The second-order valence-electron chi connectivity index (χ2n) is 9.61. The van der Waals surface area contributed by atoms with Gasteiger partial charge in [-0.25, -0.2) is 13.2 Å². The van der Waals surface area contributed by atoms with Gasteiger partial charge in [0.1, 0.15) is 12.1 Å². The maximum absolute atomic E-state index is 13.4. The number of rotatable bonds is 11. The summed E-state index contributed by atoms with van der Waals surface area (Å²) in [6, 6.07) is 4.59. The molecule has 0 bridgehead atoms. The van der Waals surface area contributed by atoms with Crippen molar-refractivity contribution in [3.8, 4) is 0 Å². The Morgan fingerprint density at radius 2 is 1.51 bits per heavy atom. The van der Waals surface area contributed by atoms with Crippen LogP contribution in [-0.4, -0.2) is 61.4 Å². The van der Waals surface area contributed by atoms with E-state index < -0.39 is 34.0 Å². The van der Waals surface area contributed by atoms with Crippen LogP contribution in [0.3, 0.4) is 0 Å². The van der Waals surface area contributed by atoms with Gasteiger partial charge in [-0.05, 0) is 43.7 Å². The maximum Gasteiger partial charge on any atom is 0.326 e. The van der Waals surface area contributed by atoms with Crippen LogP contribution >= 0.6 is 0 Å². The van der Waals surface area contributed by atoms with Crippen LogP contribution in [0.5, 0.6) is 0 Å². The SMILES string of the molecule is CC[C@@H](C)[C@H](NS(=O)(=O)c1ccc(C)cc1)C(=O)N1CCC(C(=O)N[C@H](C(=O)O)[C@@H](C)CC)CC1. The van der Waals surface area contributed by atoms with E-state index in [0.29, 0.717) is 38.8 Å². The highest BCUT2D eigenvalue weighted by Crippen LogP contribution is 2.22. The van der Waals surface area contributed by atoms with Crippen LogP contribution in [-0.2, 0) is 24.4 Å². The van der Waals surface area contributed by atoms with Crippen LogP contribution in [0.2, 0.25) is 0 Å². The van der Waals surface area contributed by atoms with Gasteiger partial charge in [-0.3, -0.25) is 9.59 Å².